The number of benzene rings is 1. The van der Waals surface area contributed by atoms with Crippen LogP contribution in [0.2, 0.25) is 0 Å². The summed E-state index contributed by atoms with van der Waals surface area (Å²) >= 11 is 1.64. The van der Waals surface area contributed by atoms with Crippen molar-refractivity contribution in [1.29, 1.82) is 0 Å². The second kappa shape index (κ2) is 8.92. The summed E-state index contributed by atoms with van der Waals surface area (Å²) in [7, 11) is 2.12. The van der Waals surface area contributed by atoms with Crippen LogP contribution < -0.4 is 4.90 Å². The average molecular weight is 398 g/mol. The van der Waals surface area contributed by atoms with Crippen molar-refractivity contribution in [1.82, 2.24) is 19.8 Å². The molecule has 2 aliphatic rings. The van der Waals surface area contributed by atoms with Gasteiger partial charge in [-0.05, 0) is 32.0 Å². The predicted molar refractivity (Wildman–Crippen MR) is 112 cm³/mol. The highest BCUT2D eigenvalue weighted by molar-refractivity contribution is 7.99. The van der Waals surface area contributed by atoms with Crippen LogP contribution in [0.3, 0.4) is 0 Å². The van der Waals surface area contributed by atoms with Crippen molar-refractivity contribution < 1.29 is 4.79 Å². The molecule has 2 aliphatic heterocycles. The highest BCUT2D eigenvalue weighted by Gasteiger charge is 2.31. The molecule has 6 nitrogen and oxygen atoms in total. The predicted octanol–water partition coefficient (Wildman–Crippen LogP) is 2.62. The Morgan fingerprint density at radius 2 is 1.64 bits per heavy atom. The van der Waals surface area contributed by atoms with Gasteiger partial charge in [0.2, 0.25) is 5.91 Å². The maximum atomic E-state index is 12.9. The second-order valence-corrected chi connectivity index (χ2v) is 8.55. The largest absolute Gasteiger partial charge is 0.354 e. The maximum absolute atomic E-state index is 12.9. The summed E-state index contributed by atoms with van der Waals surface area (Å²) in [6.45, 7) is 5.38. The van der Waals surface area contributed by atoms with Crippen molar-refractivity contribution in [3.05, 3.63) is 42.7 Å². The van der Waals surface area contributed by atoms with Crippen molar-refractivity contribution in [3.63, 3.8) is 0 Å². The van der Waals surface area contributed by atoms with Gasteiger partial charge in [-0.1, -0.05) is 30.0 Å². The molecule has 1 amide bonds. The van der Waals surface area contributed by atoms with Gasteiger partial charge in [0.25, 0.3) is 0 Å². The number of piperazine rings is 1. The lowest BCUT2D eigenvalue weighted by Gasteiger charge is -2.38. The number of likely N-dealkylation sites (N-methyl/N-ethyl adjacent to an activating group) is 1. The summed E-state index contributed by atoms with van der Waals surface area (Å²) in [6.07, 6.45) is 5.28. The molecule has 3 heterocycles. The molecule has 0 aliphatic carbocycles. The van der Waals surface area contributed by atoms with Crippen LogP contribution in [-0.4, -0.2) is 72.0 Å². The van der Waals surface area contributed by atoms with Crippen molar-refractivity contribution in [2.24, 2.45) is 5.92 Å². The van der Waals surface area contributed by atoms with Gasteiger partial charge in [0.15, 0.2) is 5.82 Å². The lowest BCUT2D eigenvalue weighted by Crippen LogP contribution is -2.50. The summed E-state index contributed by atoms with van der Waals surface area (Å²) in [5.41, 5.74) is 0. The number of nitrogens with zero attached hydrogens (tertiary/aromatic N) is 5. The van der Waals surface area contributed by atoms with E-state index in [1.807, 2.05) is 18.2 Å². The fourth-order valence-corrected chi connectivity index (χ4v) is 4.73. The molecule has 2 fully saturated rings. The number of carbonyl (C=O) groups is 1. The molecule has 0 atom stereocenters. The fourth-order valence-electron chi connectivity index (χ4n) is 3.83. The molecule has 28 heavy (non-hydrogen) atoms. The van der Waals surface area contributed by atoms with Crippen molar-refractivity contribution in [3.8, 4) is 0 Å². The van der Waals surface area contributed by atoms with Crippen LogP contribution in [0.5, 0.6) is 0 Å². The molecule has 0 bridgehead atoms. The second-order valence-electron chi connectivity index (χ2n) is 7.49. The van der Waals surface area contributed by atoms with Gasteiger partial charge >= 0.3 is 0 Å². The summed E-state index contributed by atoms with van der Waals surface area (Å²) in [4.78, 5) is 29.8. The Morgan fingerprint density at radius 3 is 2.36 bits per heavy atom. The molecule has 1 aromatic carbocycles. The highest BCUT2D eigenvalue weighted by atomic mass is 32.2. The molecule has 7 heteroatoms. The summed E-state index contributed by atoms with van der Waals surface area (Å²) in [5.74, 6) is 1.41. The van der Waals surface area contributed by atoms with Crippen molar-refractivity contribution in [2.45, 2.75) is 22.8 Å². The first-order chi connectivity index (χ1) is 13.7. The smallest absolute Gasteiger partial charge is 0.225 e. The normalized spacial score (nSPS) is 19.0. The van der Waals surface area contributed by atoms with E-state index in [1.54, 1.807) is 24.2 Å². The fraction of sp³-hybridized carbons (Fsp3) is 0.476. The van der Waals surface area contributed by atoms with E-state index in [0.29, 0.717) is 5.91 Å². The minimum Gasteiger partial charge on any atom is -0.354 e. The van der Waals surface area contributed by atoms with Crippen molar-refractivity contribution in [2.75, 3.05) is 51.2 Å². The Labute approximate surface area is 170 Å². The number of piperidine rings is 1. The standard InChI is InChI=1S/C21H27N5OS/c1-24-13-15-26(16-14-24)21(27)17-7-11-25(12-8-17)19-20(23-10-9-22-19)28-18-5-3-2-4-6-18/h2-6,9-10,17H,7-8,11-16H2,1H3. The van der Waals surface area contributed by atoms with Gasteiger partial charge in [0.1, 0.15) is 5.03 Å². The molecular weight excluding hydrogens is 370 g/mol. The molecule has 1 aromatic heterocycles. The summed E-state index contributed by atoms with van der Waals surface area (Å²) < 4.78 is 0. The quantitative estimate of drug-likeness (QED) is 0.791. The lowest BCUT2D eigenvalue weighted by atomic mass is 9.95. The third-order valence-corrected chi connectivity index (χ3v) is 6.55. The van der Waals surface area contributed by atoms with Crippen molar-refractivity contribution >= 4 is 23.5 Å². The van der Waals surface area contributed by atoms with Crippen LogP contribution in [0.25, 0.3) is 0 Å². The average Bonchev–Trinajstić information content (AvgIpc) is 2.75. The summed E-state index contributed by atoms with van der Waals surface area (Å²) in [5, 5.41) is 0.928. The monoisotopic (exact) mass is 397 g/mol. The van der Waals surface area contributed by atoms with Gasteiger partial charge in [-0.15, -0.1) is 0 Å². The minimum atomic E-state index is 0.140. The van der Waals surface area contributed by atoms with Crippen LogP contribution >= 0.6 is 11.8 Å². The summed E-state index contributed by atoms with van der Waals surface area (Å²) in [6, 6.07) is 10.3. The molecule has 0 saturated carbocycles. The third-order valence-electron chi connectivity index (χ3n) is 5.56. The number of hydrogen-bond acceptors (Lipinski definition) is 6. The topological polar surface area (TPSA) is 52.6 Å². The van der Waals surface area contributed by atoms with Gasteiger partial charge < -0.3 is 14.7 Å². The Hall–Kier alpha value is -2.12. The molecule has 0 N–H and O–H groups in total. The SMILES string of the molecule is CN1CCN(C(=O)C2CCN(c3nccnc3Sc3ccccc3)CC2)CC1. The maximum Gasteiger partial charge on any atom is 0.225 e. The number of aromatic nitrogens is 2. The number of rotatable bonds is 4. The Kier molecular flexibility index (Phi) is 6.12. The van der Waals surface area contributed by atoms with E-state index in [-0.39, 0.29) is 5.92 Å². The minimum absolute atomic E-state index is 0.140. The first-order valence-corrected chi connectivity index (χ1v) is 10.8. The number of hydrogen-bond donors (Lipinski definition) is 0. The molecular formula is C21H27N5OS. The van der Waals surface area contributed by atoms with Crippen LogP contribution in [0.1, 0.15) is 12.8 Å². The molecule has 4 rings (SSSR count). The van der Waals surface area contributed by atoms with Gasteiger partial charge in [0, 0.05) is 62.5 Å². The van der Waals surface area contributed by atoms with Gasteiger partial charge in [0.05, 0.1) is 0 Å². The Bertz CT molecular complexity index is 786. The molecule has 2 aromatic rings. The van der Waals surface area contributed by atoms with Gasteiger partial charge in [-0.25, -0.2) is 9.97 Å². The first kappa shape index (κ1) is 19.2. The van der Waals surface area contributed by atoms with E-state index in [0.717, 1.165) is 67.8 Å². The molecule has 0 spiro atoms. The zero-order chi connectivity index (χ0) is 19.3. The van der Waals surface area contributed by atoms with Crippen LogP contribution in [0, 0.1) is 5.92 Å². The lowest BCUT2D eigenvalue weighted by molar-refractivity contribution is -0.137. The zero-order valence-electron chi connectivity index (χ0n) is 16.3. The van der Waals surface area contributed by atoms with E-state index in [4.69, 9.17) is 0 Å². The molecule has 0 radical (unpaired) electrons. The van der Waals surface area contributed by atoms with Crippen LogP contribution in [-0.2, 0) is 4.79 Å². The van der Waals surface area contributed by atoms with E-state index in [9.17, 15) is 4.79 Å². The Morgan fingerprint density at radius 1 is 0.964 bits per heavy atom. The van der Waals surface area contributed by atoms with E-state index in [2.05, 4.69) is 43.8 Å². The molecule has 0 unspecified atom stereocenters. The van der Waals surface area contributed by atoms with Gasteiger partial charge in [-0.2, -0.15) is 0 Å². The number of carbonyl (C=O) groups excluding carboxylic acids is 1. The van der Waals surface area contributed by atoms with E-state index >= 15 is 0 Å². The zero-order valence-corrected chi connectivity index (χ0v) is 17.1. The number of anilines is 1. The Balaban J connectivity index is 1.38. The van der Waals surface area contributed by atoms with Gasteiger partial charge in [-0.3, -0.25) is 4.79 Å². The first-order valence-electron chi connectivity index (χ1n) is 9.97. The van der Waals surface area contributed by atoms with Crippen LogP contribution in [0.15, 0.2) is 52.6 Å². The highest BCUT2D eigenvalue weighted by Crippen LogP contribution is 2.34. The third kappa shape index (κ3) is 4.47. The van der Waals surface area contributed by atoms with E-state index in [1.165, 1.54) is 0 Å². The van der Waals surface area contributed by atoms with Crippen LogP contribution in [0.4, 0.5) is 5.82 Å². The number of amides is 1. The van der Waals surface area contributed by atoms with E-state index < -0.39 is 0 Å². The molecule has 2 saturated heterocycles. The molecule has 148 valence electrons.